The van der Waals surface area contributed by atoms with E-state index < -0.39 is 0 Å². The van der Waals surface area contributed by atoms with E-state index in [9.17, 15) is 4.79 Å². The molecule has 3 atom stereocenters. The molecule has 0 radical (unpaired) electrons. The second kappa shape index (κ2) is 6.42. The second-order valence-corrected chi connectivity index (χ2v) is 6.13. The SMILES string of the molecule is CN(C(=O)C1CCCOC1)C1CC2CCC(C1)N2.Cl. The Bertz CT molecular complexity index is 309. The third kappa shape index (κ3) is 3.23. The molecule has 3 fully saturated rings. The lowest BCUT2D eigenvalue weighted by molar-refractivity contribution is -0.141. The zero-order chi connectivity index (χ0) is 12.5. The Kier molecular flexibility index (Phi) is 5.09. The summed E-state index contributed by atoms with van der Waals surface area (Å²) in [5.41, 5.74) is 0. The average Bonchev–Trinajstić information content (AvgIpc) is 2.77. The number of rotatable bonds is 2. The monoisotopic (exact) mass is 288 g/mol. The molecule has 2 bridgehead atoms. The van der Waals surface area contributed by atoms with Crippen LogP contribution >= 0.6 is 12.4 Å². The lowest BCUT2D eigenvalue weighted by Gasteiger charge is -2.37. The number of hydrogen-bond acceptors (Lipinski definition) is 3. The number of carbonyl (C=O) groups excluding carboxylic acids is 1. The minimum atomic E-state index is 0. The normalized spacial score (nSPS) is 37.5. The predicted octanol–water partition coefficient (Wildman–Crippen LogP) is 1.58. The maximum atomic E-state index is 12.5. The molecule has 3 aliphatic rings. The third-order valence-corrected chi connectivity index (χ3v) is 4.85. The Morgan fingerprint density at radius 3 is 2.47 bits per heavy atom. The average molecular weight is 289 g/mol. The lowest BCUT2D eigenvalue weighted by Crippen LogP contribution is -2.50. The van der Waals surface area contributed by atoms with Gasteiger partial charge in [0.15, 0.2) is 0 Å². The Morgan fingerprint density at radius 2 is 1.89 bits per heavy atom. The van der Waals surface area contributed by atoms with Gasteiger partial charge in [-0.15, -0.1) is 12.4 Å². The Balaban J connectivity index is 0.00000133. The van der Waals surface area contributed by atoms with Crippen LogP contribution in [0.15, 0.2) is 0 Å². The molecular weight excluding hydrogens is 264 g/mol. The van der Waals surface area contributed by atoms with E-state index in [1.807, 2.05) is 11.9 Å². The van der Waals surface area contributed by atoms with Gasteiger partial charge in [-0.2, -0.15) is 0 Å². The van der Waals surface area contributed by atoms with E-state index in [1.54, 1.807) is 0 Å². The van der Waals surface area contributed by atoms with Crippen molar-refractivity contribution >= 4 is 18.3 Å². The van der Waals surface area contributed by atoms with Crippen molar-refractivity contribution in [2.75, 3.05) is 20.3 Å². The molecule has 4 nitrogen and oxygen atoms in total. The van der Waals surface area contributed by atoms with Gasteiger partial charge >= 0.3 is 0 Å². The van der Waals surface area contributed by atoms with Crippen LogP contribution < -0.4 is 5.32 Å². The van der Waals surface area contributed by atoms with Crippen LogP contribution in [-0.4, -0.2) is 49.2 Å². The van der Waals surface area contributed by atoms with Gasteiger partial charge < -0.3 is 15.0 Å². The number of piperidine rings is 1. The van der Waals surface area contributed by atoms with Crippen molar-refractivity contribution in [2.45, 2.75) is 56.7 Å². The van der Waals surface area contributed by atoms with Crippen LogP contribution in [0.5, 0.6) is 0 Å². The second-order valence-electron chi connectivity index (χ2n) is 6.13. The van der Waals surface area contributed by atoms with Gasteiger partial charge in [0.2, 0.25) is 5.91 Å². The van der Waals surface area contributed by atoms with Gasteiger partial charge in [0, 0.05) is 31.8 Å². The van der Waals surface area contributed by atoms with Gasteiger partial charge in [0.25, 0.3) is 0 Å². The highest BCUT2D eigenvalue weighted by atomic mass is 35.5. The predicted molar refractivity (Wildman–Crippen MR) is 76.5 cm³/mol. The smallest absolute Gasteiger partial charge is 0.228 e. The molecule has 110 valence electrons. The van der Waals surface area contributed by atoms with Crippen LogP contribution in [0.1, 0.15) is 38.5 Å². The molecule has 0 aromatic rings. The standard InChI is InChI=1S/C14H24N2O2.ClH/c1-16(14(17)10-3-2-6-18-9-10)13-7-11-4-5-12(8-13)15-11;/h10-13,15H,2-9H2,1H3;1H. The summed E-state index contributed by atoms with van der Waals surface area (Å²) in [5, 5.41) is 3.63. The molecule has 1 amide bonds. The molecule has 3 unspecified atom stereocenters. The van der Waals surface area contributed by atoms with E-state index in [1.165, 1.54) is 12.8 Å². The molecule has 5 heteroatoms. The van der Waals surface area contributed by atoms with Gasteiger partial charge in [0.05, 0.1) is 12.5 Å². The fourth-order valence-corrected chi connectivity index (χ4v) is 3.75. The van der Waals surface area contributed by atoms with Crippen LogP contribution in [0.25, 0.3) is 0 Å². The van der Waals surface area contributed by atoms with Gasteiger partial charge in [-0.05, 0) is 38.5 Å². The summed E-state index contributed by atoms with van der Waals surface area (Å²) in [6, 6.07) is 1.73. The number of nitrogens with zero attached hydrogens (tertiary/aromatic N) is 1. The first kappa shape index (κ1) is 15.1. The Hall–Kier alpha value is -0.320. The fraction of sp³-hybridized carbons (Fsp3) is 0.929. The van der Waals surface area contributed by atoms with E-state index in [0.717, 1.165) is 32.3 Å². The Morgan fingerprint density at radius 1 is 1.21 bits per heavy atom. The number of carbonyl (C=O) groups is 1. The van der Waals surface area contributed by atoms with Crippen LogP contribution in [0, 0.1) is 5.92 Å². The van der Waals surface area contributed by atoms with Crippen molar-refractivity contribution in [1.29, 1.82) is 0 Å². The summed E-state index contributed by atoms with van der Waals surface area (Å²) < 4.78 is 5.44. The van der Waals surface area contributed by atoms with E-state index in [2.05, 4.69) is 5.32 Å². The first-order valence-electron chi connectivity index (χ1n) is 7.34. The molecule has 3 aliphatic heterocycles. The summed E-state index contributed by atoms with van der Waals surface area (Å²) in [7, 11) is 1.99. The van der Waals surface area contributed by atoms with Crippen LogP contribution in [0.3, 0.4) is 0 Å². The van der Waals surface area contributed by atoms with Crippen molar-refractivity contribution in [3.63, 3.8) is 0 Å². The zero-order valence-electron chi connectivity index (χ0n) is 11.6. The molecule has 1 N–H and O–H groups in total. The summed E-state index contributed by atoms with van der Waals surface area (Å²) in [6.45, 7) is 1.45. The molecule has 0 aromatic carbocycles. The molecule has 3 heterocycles. The van der Waals surface area contributed by atoms with Crippen molar-refractivity contribution in [1.82, 2.24) is 10.2 Å². The first-order chi connectivity index (χ1) is 8.74. The van der Waals surface area contributed by atoms with E-state index >= 15 is 0 Å². The maximum absolute atomic E-state index is 12.5. The number of ether oxygens (including phenoxy) is 1. The summed E-state index contributed by atoms with van der Waals surface area (Å²) >= 11 is 0. The number of fused-ring (bicyclic) bond motifs is 2. The van der Waals surface area contributed by atoms with Crippen molar-refractivity contribution < 1.29 is 9.53 Å². The van der Waals surface area contributed by atoms with Gasteiger partial charge in [-0.1, -0.05) is 0 Å². The van der Waals surface area contributed by atoms with Crippen molar-refractivity contribution in [3.8, 4) is 0 Å². The van der Waals surface area contributed by atoms with E-state index in [-0.39, 0.29) is 18.3 Å². The van der Waals surface area contributed by atoms with E-state index in [4.69, 9.17) is 4.74 Å². The first-order valence-corrected chi connectivity index (χ1v) is 7.34. The number of nitrogens with one attached hydrogen (secondary N) is 1. The van der Waals surface area contributed by atoms with Crippen LogP contribution in [0.4, 0.5) is 0 Å². The quantitative estimate of drug-likeness (QED) is 0.839. The summed E-state index contributed by atoms with van der Waals surface area (Å²) in [4.78, 5) is 14.5. The lowest BCUT2D eigenvalue weighted by atomic mass is 9.95. The maximum Gasteiger partial charge on any atom is 0.228 e. The zero-order valence-corrected chi connectivity index (χ0v) is 12.5. The third-order valence-electron chi connectivity index (χ3n) is 4.85. The minimum Gasteiger partial charge on any atom is -0.381 e. The van der Waals surface area contributed by atoms with Crippen LogP contribution in [-0.2, 0) is 9.53 Å². The van der Waals surface area contributed by atoms with Crippen molar-refractivity contribution in [2.24, 2.45) is 5.92 Å². The van der Waals surface area contributed by atoms with E-state index in [0.29, 0.717) is 30.6 Å². The molecule has 0 saturated carbocycles. The highest BCUT2D eigenvalue weighted by Gasteiger charge is 2.37. The van der Waals surface area contributed by atoms with Gasteiger partial charge in [-0.25, -0.2) is 0 Å². The number of halogens is 1. The molecule has 19 heavy (non-hydrogen) atoms. The van der Waals surface area contributed by atoms with Crippen molar-refractivity contribution in [3.05, 3.63) is 0 Å². The molecule has 0 spiro atoms. The molecule has 3 saturated heterocycles. The molecule has 3 rings (SSSR count). The van der Waals surface area contributed by atoms with Gasteiger partial charge in [0.1, 0.15) is 0 Å². The highest BCUT2D eigenvalue weighted by molar-refractivity contribution is 5.85. The van der Waals surface area contributed by atoms with Gasteiger partial charge in [-0.3, -0.25) is 4.79 Å². The number of hydrogen-bond donors (Lipinski definition) is 1. The number of amides is 1. The minimum absolute atomic E-state index is 0. The highest BCUT2D eigenvalue weighted by Crippen LogP contribution is 2.30. The molecular formula is C14H25ClN2O2. The topological polar surface area (TPSA) is 41.6 Å². The van der Waals surface area contributed by atoms with Crippen LogP contribution in [0.2, 0.25) is 0 Å². The summed E-state index contributed by atoms with van der Waals surface area (Å²) in [6.07, 6.45) is 6.87. The summed E-state index contributed by atoms with van der Waals surface area (Å²) in [5.74, 6) is 0.414. The fourth-order valence-electron chi connectivity index (χ4n) is 3.75. The molecule has 0 aromatic heterocycles. The largest absolute Gasteiger partial charge is 0.381 e. The Labute approximate surface area is 121 Å². The molecule has 0 aliphatic carbocycles.